The van der Waals surface area contributed by atoms with Gasteiger partial charge in [-0.25, -0.2) is 0 Å². The maximum absolute atomic E-state index is 14.6. The Morgan fingerprint density at radius 3 is 2.64 bits per heavy atom. The number of amides is 3. The summed E-state index contributed by atoms with van der Waals surface area (Å²) in [7, 11) is 0. The first-order valence-electron chi connectivity index (χ1n) is 15.1. The Morgan fingerprint density at radius 2 is 1.90 bits per heavy atom. The summed E-state index contributed by atoms with van der Waals surface area (Å²) in [4.78, 5) is 58.1. The average molecular weight is 580 g/mol. The number of ether oxygens (including phenoxy) is 2. The number of nitrogens with one attached hydrogen (secondary N) is 1. The summed E-state index contributed by atoms with van der Waals surface area (Å²) >= 11 is 0. The van der Waals surface area contributed by atoms with Crippen LogP contribution in [-0.2, 0) is 35.1 Å². The van der Waals surface area contributed by atoms with Crippen molar-refractivity contribution in [2.75, 3.05) is 26.2 Å². The Labute approximate surface area is 246 Å². The lowest BCUT2D eigenvalue weighted by molar-refractivity contribution is -0.159. The quantitative estimate of drug-likeness (QED) is 0.373. The number of allylic oxidation sites excluding steroid dienone is 1. The minimum Gasteiger partial charge on any atom is -0.460 e. The maximum atomic E-state index is 14.6. The highest BCUT2D eigenvalue weighted by atomic mass is 16.6. The number of rotatable bonds is 7. The van der Waals surface area contributed by atoms with Crippen LogP contribution in [0.1, 0.15) is 45.1 Å². The molecule has 7 atom stereocenters. The highest BCUT2D eigenvalue weighted by Crippen LogP contribution is 2.53. The lowest BCUT2D eigenvalue weighted by Gasteiger charge is -2.38. The standard InChI is InChI=1S/C32H41N3O7/c1-3-4-16-34-17-10-15-32-27(26-24(42-32)13-8-9-14-25(37)33-19-21(2)41-31(26)40)29(38)35(28(32)30(34)39)23(20-36)18-22-11-6-5-7-12-22/h5-8,10-13,15,21,23-24,26-28,36H,3-4,9,14,16-20H2,1-2H3,(H,33,37)/b13-8-/t21-,23+,24-,26+,27+,28-,32+/m0/s1. The second-order valence-corrected chi connectivity index (χ2v) is 11.7. The van der Waals surface area contributed by atoms with Gasteiger partial charge < -0.3 is 29.7 Å². The molecule has 2 fully saturated rings. The molecule has 10 heteroatoms. The summed E-state index contributed by atoms with van der Waals surface area (Å²) in [5.41, 5.74) is -0.506. The van der Waals surface area contributed by atoms with Gasteiger partial charge in [0.05, 0.1) is 31.2 Å². The molecule has 0 aliphatic carbocycles. The molecule has 4 aliphatic heterocycles. The SMILES string of the molecule is CCCCN1CC=C[C@@]23O[C@H]4/C=C\CCC(=O)NC[C@H](C)OC(=O)[C@H]4[C@@H]2C(=O)N([C@@H](CO)Cc2ccccc2)[C@H]3C1=O. The number of aliphatic hydroxyl groups excluding tert-OH is 1. The molecule has 2 saturated heterocycles. The van der Waals surface area contributed by atoms with Crippen LogP contribution in [0.2, 0.25) is 0 Å². The number of benzene rings is 1. The number of carbonyl (C=O) groups is 4. The number of aliphatic hydroxyl groups is 1. The van der Waals surface area contributed by atoms with Crippen molar-refractivity contribution in [3.05, 3.63) is 60.2 Å². The minimum atomic E-state index is -1.42. The molecule has 0 bridgehead atoms. The Hall–Kier alpha value is -3.50. The lowest BCUT2D eigenvalue weighted by Crippen LogP contribution is -2.58. The second-order valence-electron chi connectivity index (χ2n) is 11.7. The maximum Gasteiger partial charge on any atom is 0.313 e. The van der Waals surface area contributed by atoms with E-state index in [0.717, 1.165) is 18.4 Å². The van der Waals surface area contributed by atoms with Crippen LogP contribution >= 0.6 is 0 Å². The summed E-state index contributed by atoms with van der Waals surface area (Å²) in [6.07, 6.45) is 8.45. The zero-order valence-electron chi connectivity index (χ0n) is 24.3. The third kappa shape index (κ3) is 5.62. The zero-order chi connectivity index (χ0) is 29.9. The molecule has 0 radical (unpaired) electrons. The van der Waals surface area contributed by atoms with E-state index in [4.69, 9.17) is 9.47 Å². The van der Waals surface area contributed by atoms with E-state index < -0.39 is 53.6 Å². The topological polar surface area (TPSA) is 125 Å². The van der Waals surface area contributed by atoms with Crippen LogP contribution in [-0.4, -0.2) is 94.7 Å². The number of nitrogens with zero attached hydrogens (tertiary/aromatic N) is 2. The molecular formula is C32H41N3O7. The van der Waals surface area contributed by atoms with Crippen molar-refractivity contribution in [2.45, 2.75) is 75.8 Å². The Kier molecular flexibility index (Phi) is 9.13. The molecular weight excluding hydrogens is 538 g/mol. The number of hydrogen-bond acceptors (Lipinski definition) is 7. The fourth-order valence-electron chi connectivity index (χ4n) is 6.73. The van der Waals surface area contributed by atoms with Crippen molar-refractivity contribution in [3.63, 3.8) is 0 Å². The second kappa shape index (κ2) is 12.8. The van der Waals surface area contributed by atoms with Crippen molar-refractivity contribution in [2.24, 2.45) is 11.8 Å². The molecule has 0 unspecified atom stereocenters. The van der Waals surface area contributed by atoms with Crippen LogP contribution in [0.5, 0.6) is 0 Å². The molecule has 42 heavy (non-hydrogen) atoms. The zero-order valence-corrected chi connectivity index (χ0v) is 24.3. The largest absolute Gasteiger partial charge is 0.460 e. The molecule has 4 aliphatic rings. The Morgan fingerprint density at radius 1 is 1.12 bits per heavy atom. The Balaban J connectivity index is 1.59. The highest BCUT2D eigenvalue weighted by molar-refractivity contribution is 5.99. The van der Waals surface area contributed by atoms with Crippen LogP contribution in [0.15, 0.2) is 54.6 Å². The van der Waals surface area contributed by atoms with Crippen molar-refractivity contribution >= 4 is 23.7 Å². The number of fused-ring (bicyclic) bond motifs is 2. The van der Waals surface area contributed by atoms with Crippen molar-refractivity contribution < 1.29 is 33.8 Å². The van der Waals surface area contributed by atoms with Gasteiger partial charge >= 0.3 is 5.97 Å². The van der Waals surface area contributed by atoms with Crippen molar-refractivity contribution in [1.82, 2.24) is 15.1 Å². The molecule has 1 spiro atoms. The van der Waals surface area contributed by atoms with Gasteiger partial charge in [-0.2, -0.15) is 0 Å². The number of carbonyl (C=O) groups excluding carboxylic acids is 4. The van der Waals surface area contributed by atoms with Crippen LogP contribution in [0.4, 0.5) is 0 Å². The van der Waals surface area contributed by atoms with E-state index in [2.05, 4.69) is 12.2 Å². The lowest BCUT2D eigenvalue weighted by atomic mass is 9.78. The first-order valence-corrected chi connectivity index (χ1v) is 15.1. The molecule has 10 nitrogen and oxygen atoms in total. The van der Waals surface area contributed by atoms with Gasteiger partial charge in [0, 0.05) is 19.5 Å². The van der Waals surface area contributed by atoms with Gasteiger partial charge in [-0.05, 0) is 31.7 Å². The molecule has 226 valence electrons. The molecule has 5 rings (SSSR count). The highest BCUT2D eigenvalue weighted by Gasteiger charge is 2.72. The van der Waals surface area contributed by atoms with E-state index in [1.54, 1.807) is 30.1 Å². The number of esters is 1. The van der Waals surface area contributed by atoms with Gasteiger partial charge in [-0.15, -0.1) is 0 Å². The number of cyclic esters (lactones) is 1. The summed E-state index contributed by atoms with van der Waals surface area (Å²) in [6, 6.07) is 7.76. The van der Waals surface area contributed by atoms with E-state index in [0.29, 0.717) is 25.9 Å². The van der Waals surface area contributed by atoms with E-state index in [-0.39, 0.29) is 31.4 Å². The van der Waals surface area contributed by atoms with Crippen molar-refractivity contribution in [3.8, 4) is 0 Å². The summed E-state index contributed by atoms with van der Waals surface area (Å²) in [5, 5.41) is 13.4. The van der Waals surface area contributed by atoms with Crippen LogP contribution in [0.25, 0.3) is 0 Å². The molecule has 4 heterocycles. The number of unbranched alkanes of at least 4 members (excludes halogenated alkanes) is 1. The molecule has 1 aromatic rings. The molecule has 2 N–H and O–H groups in total. The summed E-state index contributed by atoms with van der Waals surface area (Å²) in [5.74, 6) is -3.45. The van der Waals surface area contributed by atoms with Gasteiger partial charge in [0.1, 0.15) is 23.7 Å². The van der Waals surface area contributed by atoms with E-state index >= 15 is 0 Å². The molecule has 1 aromatic carbocycles. The van der Waals surface area contributed by atoms with E-state index in [1.165, 1.54) is 4.90 Å². The first kappa shape index (κ1) is 30.0. The van der Waals surface area contributed by atoms with Crippen LogP contribution in [0.3, 0.4) is 0 Å². The average Bonchev–Trinajstić information content (AvgIpc) is 3.37. The molecule has 3 amide bonds. The third-order valence-electron chi connectivity index (χ3n) is 8.76. The van der Waals surface area contributed by atoms with Crippen LogP contribution in [0, 0.1) is 11.8 Å². The van der Waals surface area contributed by atoms with Gasteiger partial charge in [-0.1, -0.05) is 68.0 Å². The predicted molar refractivity (Wildman–Crippen MR) is 154 cm³/mol. The van der Waals surface area contributed by atoms with Gasteiger partial charge in [0.15, 0.2) is 0 Å². The monoisotopic (exact) mass is 579 g/mol. The summed E-state index contributed by atoms with van der Waals surface area (Å²) < 4.78 is 12.5. The predicted octanol–water partition coefficient (Wildman–Crippen LogP) is 1.77. The summed E-state index contributed by atoms with van der Waals surface area (Å²) in [6.45, 7) is 4.42. The molecule has 0 aromatic heterocycles. The minimum absolute atomic E-state index is 0.147. The fourth-order valence-corrected chi connectivity index (χ4v) is 6.73. The van der Waals surface area contributed by atoms with Gasteiger partial charge in [-0.3, -0.25) is 19.2 Å². The number of likely N-dealkylation sites (tertiary alicyclic amines) is 1. The number of hydrogen-bond donors (Lipinski definition) is 2. The van der Waals surface area contributed by atoms with Gasteiger partial charge in [0.25, 0.3) is 0 Å². The van der Waals surface area contributed by atoms with Gasteiger partial charge in [0.2, 0.25) is 17.7 Å². The smallest absolute Gasteiger partial charge is 0.313 e. The molecule has 0 saturated carbocycles. The first-order chi connectivity index (χ1) is 20.3. The normalized spacial score (nSPS) is 33.0. The van der Waals surface area contributed by atoms with Crippen molar-refractivity contribution in [1.29, 1.82) is 0 Å². The van der Waals surface area contributed by atoms with E-state index in [1.807, 2.05) is 36.4 Å². The van der Waals surface area contributed by atoms with E-state index in [9.17, 15) is 24.3 Å². The van der Waals surface area contributed by atoms with Crippen LogP contribution < -0.4 is 5.32 Å². The third-order valence-corrected chi connectivity index (χ3v) is 8.76. The Bertz CT molecular complexity index is 1230. The fraction of sp³-hybridized carbons (Fsp3) is 0.562.